The molecule has 1 aliphatic heterocycles. The van der Waals surface area contributed by atoms with Crippen molar-refractivity contribution in [3.63, 3.8) is 0 Å². The van der Waals surface area contributed by atoms with Crippen molar-refractivity contribution >= 4 is 11.8 Å². The molecular weight excluding hydrogens is 588 g/mol. The maximum Gasteiger partial charge on any atom is 0.303 e. The number of unbranched alkanes of at least 4 members (excludes halogenated alkanes) is 1. The van der Waals surface area contributed by atoms with E-state index in [0.717, 1.165) is 32.1 Å². The predicted octanol–water partition coefficient (Wildman–Crippen LogP) is 5.61. The number of hydrogen-bond donors (Lipinski definition) is 1. The third-order valence-electron chi connectivity index (χ3n) is 7.58. The Bertz CT molecular complexity index is 901. The Morgan fingerprint density at radius 2 is 1.89 bits per heavy atom. The molecule has 0 bridgehead atoms. The molecule has 2 fully saturated rings. The summed E-state index contributed by atoms with van der Waals surface area (Å²) in [5, 5.41) is 8.80. The van der Waals surface area contributed by atoms with Gasteiger partial charge in [0.05, 0.1) is 6.10 Å². The zero-order chi connectivity index (χ0) is 24.6. The number of rotatable bonds is 11. The fourth-order valence-corrected chi connectivity index (χ4v) is 5.66. The second-order valence-electron chi connectivity index (χ2n) is 10.1. The average molecular weight is 626 g/mol. The number of carboxylic acids is 1. The summed E-state index contributed by atoms with van der Waals surface area (Å²) < 4.78 is 27.2. The number of ether oxygens (including phenoxy) is 2. The molecule has 1 saturated heterocycles. The molecule has 1 saturated carbocycles. The van der Waals surface area contributed by atoms with Crippen molar-refractivity contribution in [1.29, 1.82) is 0 Å². The van der Waals surface area contributed by atoms with Gasteiger partial charge in [-0.2, -0.15) is 0 Å². The minimum absolute atomic E-state index is 0. The van der Waals surface area contributed by atoms with Crippen molar-refractivity contribution in [3.8, 4) is 0 Å². The van der Waals surface area contributed by atoms with Gasteiger partial charge >= 0.3 is 5.97 Å². The fourth-order valence-electron chi connectivity index (χ4n) is 5.66. The Morgan fingerprint density at radius 1 is 1.14 bits per heavy atom. The van der Waals surface area contributed by atoms with Crippen molar-refractivity contribution in [2.24, 2.45) is 17.8 Å². The molecule has 1 heterocycles. The molecule has 1 aromatic rings. The van der Waals surface area contributed by atoms with Crippen LogP contribution in [0.2, 0.25) is 0 Å². The summed E-state index contributed by atoms with van der Waals surface area (Å²) in [7, 11) is 0. The number of allylic oxidation sites excluding steroid dienone is 4. The first-order chi connectivity index (χ1) is 17.0. The summed E-state index contributed by atoms with van der Waals surface area (Å²) in [6.07, 6.45) is 12.5. The SMILES string of the molecule is O=C(O)CCC/C=C\C[C@@H]1[C@@H](/C=C/C(=O)C2Cc3ccccc3C2)[C@@H](F)C[C@@H]1OC1CCCCO1.[Pr]. The normalized spacial score (nSPS) is 28.4. The van der Waals surface area contributed by atoms with E-state index in [1.54, 1.807) is 12.2 Å². The first-order valence-electron chi connectivity index (χ1n) is 13.1. The van der Waals surface area contributed by atoms with E-state index in [4.69, 9.17) is 14.6 Å². The van der Waals surface area contributed by atoms with E-state index in [1.165, 1.54) is 11.1 Å². The molecular formula is C29H37FO5Pr. The largest absolute Gasteiger partial charge is 0.481 e. The van der Waals surface area contributed by atoms with Crippen molar-refractivity contribution in [2.75, 3.05) is 6.61 Å². The van der Waals surface area contributed by atoms with Crippen molar-refractivity contribution < 1.29 is 69.9 Å². The van der Waals surface area contributed by atoms with Crippen LogP contribution in [0.4, 0.5) is 4.39 Å². The number of fused-ring (bicyclic) bond motifs is 1. The molecule has 0 amide bonds. The molecule has 2 aliphatic carbocycles. The van der Waals surface area contributed by atoms with Crippen molar-refractivity contribution in [2.45, 2.75) is 82.8 Å². The molecule has 36 heavy (non-hydrogen) atoms. The maximum absolute atomic E-state index is 15.2. The average Bonchev–Trinajstić information content (AvgIpc) is 3.41. The Labute approximate surface area is 246 Å². The van der Waals surface area contributed by atoms with Crippen LogP contribution in [-0.2, 0) is 31.9 Å². The van der Waals surface area contributed by atoms with Crippen LogP contribution in [0.15, 0.2) is 48.6 Å². The summed E-state index contributed by atoms with van der Waals surface area (Å²) in [4.78, 5) is 23.7. The van der Waals surface area contributed by atoms with Gasteiger partial charge < -0.3 is 14.6 Å². The number of halogens is 1. The van der Waals surface area contributed by atoms with Gasteiger partial charge in [0.1, 0.15) is 6.17 Å². The maximum atomic E-state index is 15.2. The van der Waals surface area contributed by atoms with Gasteiger partial charge in [0.15, 0.2) is 12.1 Å². The fraction of sp³-hybridized carbons (Fsp3) is 0.586. The van der Waals surface area contributed by atoms with E-state index < -0.39 is 12.1 Å². The van der Waals surface area contributed by atoms with E-state index in [0.29, 0.717) is 32.3 Å². The first kappa shape index (κ1) is 29.6. The number of carbonyl (C=O) groups is 2. The number of carbonyl (C=O) groups excluding carboxylic acids is 1. The molecule has 1 N–H and O–H groups in total. The number of benzene rings is 1. The van der Waals surface area contributed by atoms with Crippen LogP contribution in [0.5, 0.6) is 0 Å². The molecule has 5 atom stereocenters. The Morgan fingerprint density at radius 3 is 2.56 bits per heavy atom. The Hall–Kier alpha value is -0.946. The number of carboxylic acid groups (broad SMARTS) is 1. The van der Waals surface area contributed by atoms with Gasteiger partial charge in [0.25, 0.3) is 0 Å². The molecule has 3 aliphatic rings. The van der Waals surface area contributed by atoms with E-state index in [2.05, 4.69) is 12.1 Å². The molecule has 1 aromatic carbocycles. The standard InChI is InChI=1S/C29H37FO5.Pr/c30-25-19-27(35-29-13-7-8-16-34-29)24(11-3-1-2-4-12-28(32)33)23(25)14-15-26(31)22-17-20-9-5-6-10-21(20)18-22;/h1,3,5-6,9-10,14-15,22-25,27,29H,2,4,7-8,11-13,16-19H2,(H,32,33);/b3-1-,15-14+;/t23-,24-,25+,27+,29?;/m1./s1. The third kappa shape index (κ3) is 8.28. The number of alkyl halides is 1. The van der Waals surface area contributed by atoms with Crippen LogP contribution >= 0.6 is 0 Å². The predicted molar refractivity (Wildman–Crippen MR) is 132 cm³/mol. The summed E-state index contributed by atoms with van der Waals surface area (Å²) in [6, 6.07) is 8.16. The minimum atomic E-state index is -1.07. The topological polar surface area (TPSA) is 72.8 Å². The van der Waals surface area contributed by atoms with Crippen LogP contribution in [-0.4, -0.2) is 42.0 Å². The van der Waals surface area contributed by atoms with Gasteiger partial charge in [-0.05, 0) is 74.5 Å². The smallest absolute Gasteiger partial charge is 0.303 e. The van der Waals surface area contributed by atoms with Crippen molar-refractivity contribution in [1.82, 2.24) is 0 Å². The van der Waals surface area contributed by atoms with Gasteiger partial charge in [0.2, 0.25) is 0 Å². The molecule has 1 unspecified atom stereocenters. The molecule has 0 aromatic heterocycles. The molecule has 7 heteroatoms. The molecule has 193 valence electrons. The van der Waals surface area contributed by atoms with Crippen molar-refractivity contribution in [3.05, 3.63) is 59.7 Å². The number of aliphatic carboxylic acids is 1. The van der Waals surface area contributed by atoms with E-state index in [1.807, 2.05) is 24.3 Å². The van der Waals surface area contributed by atoms with Crippen LogP contribution in [0.1, 0.15) is 62.5 Å². The molecule has 4 rings (SSSR count). The number of ketones is 1. The van der Waals surface area contributed by atoms with Gasteiger partial charge in [-0.15, -0.1) is 0 Å². The molecule has 0 spiro atoms. The Kier molecular flexibility index (Phi) is 12.2. The van der Waals surface area contributed by atoms with E-state index in [-0.39, 0.29) is 83.6 Å². The Balaban J connectivity index is 0.00000361. The first-order valence-corrected chi connectivity index (χ1v) is 13.1. The van der Waals surface area contributed by atoms with Gasteiger partial charge in [-0.25, -0.2) is 4.39 Å². The second-order valence-corrected chi connectivity index (χ2v) is 10.1. The van der Waals surface area contributed by atoms with E-state index >= 15 is 4.39 Å². The molecule has 1 radical (unpaired) electrons. The summed E-state index contributed by atoms with van der Waals surface area (Å²) in [6.45, 7) is 0.673. The van der Waals surface area contributed by atoms with Crippen LogP contribution in [0.3, 0.4) is 0 Å². The van der Waals surface area contributed by atoms with Crippen LogP contribution in [0.25, 0.3) is 0 Å². The van der Waals surface area contributed by atoms with Gasteiger partial charge in [0, 0.05) is 72.6 Å². The number of hydrogen-bond acceptors (Lipinski definition) is 4. The summed E-state index contributed by atoms with van der Waals surface area (Å²) in [5.74, 6) is -1.28. The zero-order valence-electron chi connectivity index (χ0n) is 20.9. The van der Waals surface area contributed by atoms with Gasteiger partial charge in [-0.3, -0.25) is 9.59 Å². The van der Waals surface area contributed by atoms with E-state index in [9.17, 15) is 9.59 Å². The quantitative estimate of drug-likeness (QED) is 0.197. The van der Waals surface area contributed by atoms with Gasteiger partial charge in [-0.1, -0.05) is 42.5 Å². The molecule has 5 nitrogen and oxygen atoms in total. The zero-order valence-corrected chi connectivity index (χ0v) is 24.6. The summed E-state index contributed by atoms with van der Waals surface area (Å²) >= 11 is 0. The monoisotopic (exact) mass is 625 g/mol. The second kappa shape index (κ2) is 14.9. The minimum Gasteiger partial charge on any atom is -0.481 e. The van der Waals surface area contributed by atoms with Crippen LogP contribution < -0.4 is 0 Å². The summed E-state index contributed by atoms with van der Waals surface area (Å²) in [5.41, 5.74) is 2.46. The van der Waals surface area contributed by atoms with Crippen LogP contribution in [0, 0.1) is 59.0 Å². The third-order valence-corrected chi connectivity index (χ3v) is 7.58.